The van der Waals surface area contributed by atoms with Crippen LogP contribution in [0.4, 0.5) is 5.69 Å². The molecule has 164 valence electrons. The minimum atomic E-state index is -0.0792. The van der Waals surface area contributed by atoms with Gasteiger partial charge in [0.2, 0.25) is 5.91 Å². The first-order chi connectivity index (χ1) is 15.7. The van der Waals surface area contributed by atoms with Crippen LogP contribution in [0, 0.1) is 0 Å². The number of anilines is 1. The van der Waals surface area contributed by atoms with Crippen molar-refractivity contribution in [2.75, 3.05) is 17.7 Å². The normalized spacial score (nSPS) is 10.9. The standard InChI is InChI=1S/C25H26N4O2S/c1-3-4-16-31-20-14-12-19(13-15-20)24-27-28-25(29(24)2)32-17-23(30)26-22-11-7-9-18-8-5-6-10-21(18)22/h5-15H,3-4,16-17H2,1-2H3,(H,26,30). The number of thioether (sulfide) groups is 1. The molecule has 3 aromatic carbocycles. The van der Waals surface area contributed by atoms with Crippen molar-refractivity contribution in [2.24, 2.45) is 7.05 Å². The van der Waals surface area contributed by atoms with E-state index < -0.39 is 0 Å². The Balaban J connectivity index is 1.38. The van der Waals surface area contributed by atoms with E-state index in [-0.39, 0.29) is 11.7 Å². The molecule has 1 aromatic heterocycles. The summed E-state index contributed by atoms with van der Waals surface area (Å²) in [5.41, 5.74) is 1.77. The Hall–Kier alpha value is -3.32. The van der Waals surface area contributed by atoms with Gasteiger partial charge in [-0.1, -0.05) is 61.5 Å². The van der Waals surface area contributed by atoms with Crippen molar-refractivity contribution in [3.8, 4) is 17.1 Å². The fourth-order valence-corrected chi connectivity index (χ4v) is 4.09. The highest BCUT2D eigenvalue weighted by Crippen LogP contribution is 2.26. The number of hydrogen-bond donors (Lipinski definition) is 1. The van der Waals surface area contributed by atoms with Crippen LogP contribution in [0.1, 0.15) is 19.8 Å². The van der Waals surface area contributed by atoms with Gasteiger partial charge in [-0.3, -0.25) is 4.79 Å². The summed E-state index contributed by atoms with van der Waals surface area (Å²) in [7, 11) is 1.91. The number of unbranched alkanes of at least 4 members (excludes halogenated alkanes) is 1. The molecule has 0 bridgehead atoms. The number of benzene rings is 3. The number of ether oxygens (including phenoxy) is 1. The maximum absolute atomic E-state index is 12.6. The number of nitrogens with one attached hydrogen (secondary N) is 1. The summed E-state index contributed by atoms with van der Waals surface area (Å²) in [5.74, 6) is 1.77. The van der Waals surface area contributed by atoms with E-state index in [9.17, 15) is 4.79 Å². The Morgan fingerprint density at radius 2 is 1.81 bits per heavy atom. The van der Waals surface area contributed by atoms with Crippen molar-refractivity contribution < 1.29 is 9.53 Å². The van der Waals surface area contributed by atoms with E-state index in [1.165, 1.54) is 11.8 Å². The second-order valence-electron chi connectivity index (χ2n) is 7.46. The lowest BCUT2D eigenvalue weighted by atomic mass is 10.1. The molecule has 4 aromatic rings. The summed E-state index contributed by atoms with van der Waals surface area (Å²) < 4.78 is 7.63. The molecule has 0 aliphatic heterocycles. The highest BCUT2D eigenvalue weighted by Gasteiger charge is 2.14. The van der Waals surface area contributed by atoms with Crippen LogP contribution in [0.15, 0.2) is 71.9 Å². The van der Waals surface area contributed by atoms with Crippen molar-refractivity contribution in [1.82, 2.24) is 14.8 Å². The molecule has 1 heterocycles. The third kappa shape index (κ3) is 5.11. The van der Waals surface area contributed by atoms with Gasteiger partial charge in [-0.25, -0.2) is 0 Å². The average Bonchev–Trinajstić information content (AvgIpc) is 3.19. The van der Waals surface area contributed by atoms with Crippen LogP contribution in [-0.4, -0.2) is 33.0 Å². The third-order valence-corrected chi connectivity index (χ3v) is 6.13. The minimum absolute atomic E-state index is 0.0792. The van der Waals surface area contributed by atoms with Gasteiger partial charge in [-0.2, -0.15) is 0 Å². The van der Waals surface area contributed by atoms with Gasteiger partial charge in [0.05, 0.1) is 12.4 Å². The van der Waals surface area contributed by atoms with Crippen molar-refractivity contribution in [2.45, 2.75) is 24.9 Å². The molecule has 1 N–H and O–H groups in total. The lowest BCUT2D eigenvalue weighted by Crippen LogP contribution is -2.14. The number of amides is 1. The van der Waals surface area contributed by atoms with Crippen molar-refractivity contribution in [1.29, 1.82) is 0 Å². The van der Waals surface area contributed by atoms with Gasteiger partial charge in [0.25, 0.3) is 0 Å². The fourth-order valence-electron chi connectivity index (χ4n) is 3.38. The molecule has 32 heavy (non-hydrogen) atoms. The van der Waals surface area contributed by atoms with Gasteiger partial charge in [0, 0.05) is 23.7 Å². The van der Waals surface area contributed by atoms with E-state index in [4.69, 9.17) is 4.74 Å². The summed E-state index contributed by atoms with van der Waals surface area (Å²) >= 11 is 1.36. The highest BCUT2D eigenvalue weighted by molar-refractivity contribution is 7.99. The quantitative estimate of drug-likeness (QED) is 0.270. The van der Waals surface area contributed by atoms with Crippen LogP contribution in [0.2, 0.25) is 0 Å². The average molecular weight is 447 g/mol. The first-order valence-electron chi connectivity index (χ1n) is 10.7. The van der Waals surface area contributed by atoms with Crippen molar-refractivity contribution in [3.05, 3.63) is 66.7 Å². The zero-order valence-electron chi connectivity index (χ0n) is 18.2. The second kappa shape index (κ2) is 10.3. The summed E-state index contributed by atoms with van der Waals surface area (Å²) in [4.78, 5) is 12.6. The predicted octanol–water partition coefficient (Wildman–Crippen LogP) is 5.55. The predicted molar refractivity (Wildman–Crippen MR) is 130 cm³/mol. The van der Waals surface area contributed by atoms with Crippen LogP contribution in [-0.2, 0) is 11.8 Å². The van der Waals surface area contributed by atoms with Gasteiger partial charge in [0.15, 0.2) is 11.0 Å². The molecule has 0 aliphatic carbocycles. The van der Waals surface area contributed by atoms with E-state index in [0.717, 1.165) is 53.0 Å². The molecule has 0 radical (unpaired) electrons. The topological polar surface area (TPSA) is 69.0 Å². The number of hydrogen-bond acceptors (Lipinski definition) is 5. The molecule has 4 rings (SSSR count). The van der Waals surface area contributed by atoms with Gasteiger partial charge in [0.1, 0.15) is 5.75 Å². The molecular formula is C25H26N4O2S. The number of fused-ring (bicyclic) bond motifs is 1. The Morgan fingerprint density at radius 1 is 1.03 bits per heavy atom. The van der Waals surface area contributed by atoms with Crippen LogP contribution >= 0.6 is 11.8 Å². The molecule has 0 aliphatic rings. The molecule has 0 fully saturated rings. The third-order valence-electron chi connectivity index (χ3n) is 5.11. The maximum Gasteiger partial charge on any atom is 0.234 e. The lowest BCUT2D eigenvalue weighted by molar-refractivity contribution is -0.113. The summed E-state index contributed by atoms with van der Waals surface area (Å²) in [6, 6.07) is 21.7. The van der Waals surface area contributed by atoms with E-state index in [0.29, 0.717) is 5.16 Å². The number of carbonyl (C=O) groups is 1. The Labute approximate surface area is 192 Å². The number of aromatic nitrogens is 3. The smallest absolute Gasteiger partial charge is 0.234 e. The minimum Gasteiger partial charge on any atom is -0.494 e. The maximum atomic E-state index is 12.6. The first kappa shape index (κ1) is 21.9. The van der Waals surface area contributed by atoms with Gasteiger partial charge in [-0.15, -0.1) is 10.2 Å². The molecule has 0 saturated heterocycles. The molecule has 1 amide bonds. The molecule has 6 nitrogen and oxygen atoms in total. The monoisotopic (exact) mass is 446 g/mol. The SMILES string of the molecule is CCCCOc1ccc(-c2nnc(SCC(=O)Nc3cccc4ccccc34)n2C)cc1. The van der Waals surface area contributed by atoms with Crippen LogP contribution in [0.25, 0.3) is 22.2 Å². The molecular weight excluding hydrogens is 420 g/mol. The lowest BCUT2D eigenvalue weighted by Gasteiger charge is -2.09. The summed E-state index contributed by atoms with van der Waals surface area (Å²) in [5, 5.41) is 14.4. The van der Waals surface area contributed by atoms with E-state index in [2.05, 4.69) is 22.4 Å². The van der Waals surface area contributed by atoms with Crippen LogP contribution in [0.5, 0.6) is 5.75 Å². The Bertz CT molecular complexity index is 1200. The zero-order chi connectivity index (χ0) is 22.3. The molecule has 0 saturated carbocycles. The second-order valence-corrected chi connectivity index (χ2v) is 8.40. The number of rotatable bonds is 9. The Kier molecular flexibility index (Phi) is 7.07. The van der Waals surface area contributed by atoms with E-state index >= 15 is 0 Å². The molecule has 0 spiro atoms. The first-order valence-corrected chi connectivity index (χ1v) is 11.7. The number of nitrogens with zero attached hydrogens (tertiary/aromatic N) is 3. The largest absolute Gasteiger partial charge is 0.494 e. The van der Waals surface area contributed by atoms with Crippen LogP contribution in [0.3, 0.4) is 0 Å². The summed E-state index contributed by atoms with van der Waals surface area (Å²) in [6.07, 6.45) is 2.15. The van der Waals surface area contributed by atoms with E-state index in [1.807, 2.05) is 78.3 Å². The fraction of sp³-hybridized carbons (Fsp3) is 0.240. The zero-order valence-corrected chi connectivity index (χ0v) is 19.1. The van der Waals surface area contributed by atoms with E-state index in [1.54, 1.807) is 0 Å². The molecule has 7 heteroatoms. The van der Waals surface area contributed by atoms with Crippen molar-refractivity contribution in [3.63, 3.8) is 0 Å². The van der Waals surface area contributed by atoms with Gasteiger partial charge < -0.3 is 14.6 Å². The summed E-state index contributed by atoms with van der Waals surface area (Å²) in [6.45, 7) is 2.87. The number of carbonyl (C=O) groups excluding carboxylic acids is 1. The molecule has 0 unspecified atom stereocenters. The Morgan fingerprint density at radius 3 is 2.62 bits per heavy atom. The van der Waals surface area contributed by atoms with Gasteiger partial charge >= 0.3 is 0 Å². The van der Waals surface area contributed by atoms with Gasteiger partial charge in [-0.05, 0) is 42.1 Å². The molecule has 0 atom stereocenters. The van der Waals surface area contributed by atoms with Crippen LogP contribution < -0.4 is 10.1 Å². The van der Waals surface area contributed by atoms with Crippen molar-refractivity contribution >= 4 is 34.1 Å². The highest BCUT2D eigenvalue weighted by atomic mass is 32.2.